The maximum Gasteiger partial charge on any atom is 0.260 e. The fourth-order valence-electron chi connectivity index (χ4n) is 3.04. The maximum atomic E-state index is 12.5. The van der Waals surface area contributed by atoms with Crippen LogP contribution in [0.2, 0.25) is 0 Å². The van der Waals surface area contributed by atoms with Crippen LogP contribution in [0.15, 0.2) is 42.5 Å². The lowest BCUT2D eigenvalue weighted by molar-refractivity contribution is -0.132. The molecule has 1 atom stereocenters. The molecule has 27 heavy (non-hydrogen) atoms. The Morgan fingerprint density at radius 3 is 2.67 bits per heavy atom. The SMILES string of the molecule is CCC(C)c1ccccc1OCC(=O)N(C)Cc1ccc2c(c1)OCCO2. The summed E-state index contributed by atoms with van der Waals surface area (Å²) in [6.45, 7) is 5.95. The molecule has 0 spiro atoms. The van der Waals surface area contributed by atoms with Crippen molar-refractivity contribution >= 4 is 5.91 Å². The van der Waals surface area contributed by atoms with Crippen molar-refractivity contribution < 1.29 is 19.0 Å². The number of para-hydroxylation sites is 1. The summed E-state index contributed by atoms with van der Waals surface area (Å²) >= 11 is 0. The first-order valence-electron chi connectivity index (χ1n) is 9.42. The van der Waals surface area contributed by atoms with Crippen molar-refractivity contribution in [2.24, 2.45) is 0 Å². The van der Waals surface area contributed by atoms with Gasteiger partial charge in [-0.05, 0) is 41.7 Å². The Balaban J connectivity index is 1.59. The minimum absolute atomic E-state index is 0.0223. The predicted molar refractivity (Wildman–Crippen MR) is 105 cm³/mol. The van der Waals surface area contributed by atoms with E-state index < -0.39 is 0 Å². The van der Waals surface area contributed by atoms with Gasteiger partial charge in [-0.2, -0.15) is 0 Å². The molecule has 2 aromatic rings. The smallest absolute Gasteiger partial charge is 0.260 e. The first-order chi connectivity index (χ1) is 13.1. The van der Waals surface area contributed by atoms with Gasteiger partial charge in [0.1, 0.15) is 19.0 Å². The molecule has 3 rings (SSSR count). The lowest BCUT2D eigenvalue weighted by atomic mass is 9.98. The predicted octanol–water partition coefficient (Wildman–Crippen LogP) is 4.01. The fourth-order valence-corrected chi connectivity index (χ4v) is 3.04. The zero-order valence-corrected chi connectivity index (χ0v) is 16.2. The zero-order valence-electron chi connectivity index (χ0n) is 16.2. The highest BCUT2D eigenvalue weighted by Crippen LogP contribution is 2.31. The largest absolute Gasteiger partial charge is 0.486 e. The summed E-state index contributed by atoms with van der Waals surface area (Å²) in [5, 5.41) is 0. The number of ether oxygens (including phenoxy) is 3. The Morgan fingerprint density at radius 2 is 1.89 bits per heavy atom. The van der Waals surface area contributed by atoms with Gasteiger partial charge in [-0.15, -0.1) is 0 Å². The number of carbonyl (C=O) groups is 1. The summed E-state index contributed by atoms with van der Waals surface area (Å²) in [6.07, 6.45) is 1.03. The van der Waals surface area contributed by atoms with Crippen LogP contribution >= 0.6 is 0 Å². The van der Waals surface area contributed by atoms with Crippen LogP contribution in [0.3, 0.4) is 0 Å². The average Bonchev–Trinajstić information content (AvgIpc) is 2.71. The molecule has 0 fully saturated rings. The van der Waals surface area contributed by atoms with E-state index in [0.717, 1.165) is 34.8 Å². The molecular formula is C22H27NO4. The van der Waals surface area contributed by atoms with E-state index in [1.54, 1.807) is 11.9 Å². The van der Waals surface area contributed by atoms with Crippen molar-refractivity contribution in [3.63, 3.8) is 0 Å². The van der Waals surface area contributed by atoms with E-state index in [1.165, 1.54) is 0 Å². The number of hydrogen-bond acceptors (Lipinski definition) is 4. The average molecular weight is 369 g/mol. The van der Waals surface area contributed by atoms with Gasteiger partial charge in [-0.1, -0.05) is 38.1 Å². The van der Waals surface area contributed by atoms with Crippen LogP contribution in [0.4, 0.5) is 0 Å². The molecule has 5 nitrogen and oxygen atoms in total. The van der Waals surface area contributed by atoms with Gasteiger partial charge in [0.15, 0.2) is 18.1 Å². The molecule has 2 aromatic carbocycles. The van der Waals surface area contributed by atoms with E-state index in [-0.39, 0.29) is 12.5 Å². The Kier molecular flexibility index (Phi) is 6.22. The first-order valence-corrected chi connectivity index (χ1v) is 9.42. The highest BCUT2D eigenvalue weighted by atomic mass is 16.6. The topological polar surface area (TPSA) is 48.0 Å². The van der Waals surface area contributed by atoms with Crippen molar-refractivity contribution in [3.05, 3.63) is 53.6 Å². The summed E-state index contributed by atoms with van der Waals surface area (Å²) in [7, 11) is 1.78. The number of likely N-dealkylation sites (N-methyl/N-ethyl adjacent to an activating group) is 1. The molecule has 1 amide bonds. The normalized spacial score (nSPS) is 13.7. The fraction of sp³-hybridized carbons (Fsp3) is 0.409. The molecule has 0 aromatic heterocycles. The van der Waals surface area contributed by atoms with Crippen LogP contribution in [0.25, 0.3) is 0 Å². The molecule has 0 radical (unpaired) electrons. The summed E-state index contributed by atoms with van der Waals surface area (Å²) < 4.78 is 17.0. The molecule has 1 aliphatic heterocycles. The van der Waals surface area contributed by atoms with Crippen molar-refractivity contribution in [3.8, 4) is 17.2 Å². The van der Waals surface area contributed by atoms with E-state index >= 15 is 0 Å². The number of amides is 1. The van der Waals surface area contributed by atoms with Crippen molar-refractivity contribution in [1.82, 2.24) is 4.90 Å². The van der Waals surface area contributed by atoms with Crippen molar-refractivity contribution in [2.75, 3.05) is 26.9 Å². The van der Waals surface area contributed by atoms with Gasteiger partial charge >= 0.3 is 0 Å². The standard InChI is InChI=1S/C22H27NO4/c1-4-16(2)18-7-5-6-8-19(18)27-15-22(24)23(3)14-17-9-10-20-21(13-17)26-12-11-25-20/h5-10,13,16H,4,11-12,14-15H2,1-3H3. The summed E-state index contributed by atoms with van der Waals surface area (Å²) in [5.74, 6) is 2.60. The number of benzene rings is 2. The number of rotatable bonds is 7. The summed E-state index contributed by atoms with van der Waals surface area (Å²) in [6, 6.07) is 13.7. The van der Waals surface area contributed by atoms with E-state index in [4.69, 9.17) is 14.2 Å². The van der Waals surface area contributed by atoms with E-state index in [0.29, 0.717) is 25.7 Å². The lowest BCUT2D eigenvalue weighted by Gasteiger charge is -2.22. The van der Waals surface area contributed by atoms with E-state index in [2.05, 4.69) is 19.9 Å². The second-order valence-electron chi connectivity index (χ2n) is 6.86. The number of fused-ring (bicyclic) bond motifs is 1. The Hall–Kier alpha value is -2.69. The minimum atomic E-state index is -0.0659. The molecule has 0 bridgehead atoms. The van der Waals surface area contributed by atoms with Crippen LogP contribution in [-0.2, 0) is 11.3 Å². The van der Waals surface area contributed by atoms with Crippen LogP contribution in [-0.4, -0.2) is 37.7 Å². The number of carbonyl (C=O) groups excluding carboxylic acids is 1. The third-order valence-corrected chi connectivity index (χ3v) is 4.87. The molecule has 0 saturated heterocycles. The molecule has 1 heterocycles. The van der Waals surface area contributed by atoms with Gasteiger partial charge in [0, 0.05) is 13.6 Å². The Bertz CT molecular complexity index is 790. The first kappa shape index (κ1) is 19.1. The Morgan fingerprint density at radius 1 is 1.15 bits per heavy atom. The molecular weight excluding hydrogens is 342 g/mol. The van der Waals surface area contributed by atoms with E-state index in [1.807, 2.05) is 36.4 Å². The van der Waals surface area contributed by atoms with Gasteiger partial charge in [-0.3, -0.25) is 4.79 Å². The van der Waals surface area contributed by atoms with Crippen molar-refractivity contribution in [1.29, 1.82) is 0 Å². The quantitative estimate of drug-likeness (QED) is 0.740. The number of nitrogens with zero attached hydrogens (tertiary/aromatic N) is 1. The third-order valence-electron chi connectivity index (χ3n) is 4.87. The van der Waals surface area contributed by atoms with Gasteiger partial charge < -0.3 is 19.1 Å². The lowest BCUT2D eigenvalue weighted by Crippen LogP contribution is -2.31. The van der Waals surface area contributed by atoms with Crippen LogP contribution < -0.4 is 14.2 Å². The Labute approximate surface area is 160 Å². The molecule has 0 N–H and O–H groups in total. The van der Waals surface area contributed by atoms with Crippen molar-refractivity contribution in [2.45, 2.75) is 32.7 Å². The monoisotopic (exact) mass is 369 g/mol. The second-order valence-corrected chi connectivity index (χ2v) is 6.86. The highest BCUT2D eigenvalue weighted by Gasteiger charge is 2.16. The molecule has 5 heteroatoms. The van der Waals surface area contributed by atoms with Crippen LogP contribution in [0.5, 0.6) is 17.2 Å². The minimum Gasteiger partial charge on any atom is -0.486 e. The van der Waals surface area contributed by atoms with Gasteiger partial charge in [0.25, 0.3) is 5.91 Å². The number of hydrogen-bond donors (Lipinski definition) is 0. The molecule has 1 aliphatic rings. The van der Waals surface area contributed by atoms with Gasteiger partial charge in [0.05, 0.1) is 0 Å². The van der Waals surface area contributed by atoms with Gasteiger partial charge in [-0.25, -0.2) is 0 Å². The molecule has 0 saturated carbocycles. The summed E-state index contributed by atoms with van der Waals surface area (Å²) in [5.41, 5.74) is 2.14. The maximum absolute atomic E-state index is 12.5. The zero-order chi connectivity index (χ0) is 19.2. The van der Waals surface area contributed by atoms with Gasteiger partial charge in [0.2, 0.25) is 0 Å². The molecule has 144 valence electrons. The second kappa shape index (κ2) is 8.80. The highest BCUT2D eigenvalue weighted by molar-refractivity contribution is 5.77. The van der Waals surface area contributed by atoms with E-state index in [9.17, 15) is 4.79 Å². The molecule has 1 unspecified atom stereocenters. The van der Waals surface area contributed by atoms with Crippen LogP contribution in [0, 0.1) is 0 Å². The van der Waals surface area contributed by atoms with Crippen LogP contribution in [0.1, 0.15) is 37.3 Å². The third kappa shape index (κ3) is 4.73. The summed E-state index contributed by atoms with van der Waals surface area (Å²) in [4.78, 5) is 14.2. The molecule has 0 aliphatic carbocycles.